The lowest BCUT2D eigenvalue weighted by atomic mass is 10.1. The second-order valence-corrected chi connectivity index (χ2v) is 6.49. The molecule has 4 rings (SSSR count). The van der Waals surface area contributed by atoms with Crippen LogP contribution in [0.5, 0.6) is 23.0 Å². The fourth-order valence-corrected chi connectivity index (χ4v) is 2.98. The lowest BCUT2D eigenvalue weighted by Crippen LogP contribution is -1.95. The molecule has 0 aliphatic rings. The van der Waals surface area contributed by atoms with Crippen molar-refractivity contribution in [1.29, 1.82) is 0 Å². The zero-order valence-corrected chi connectivity index (χ0v) is 15.9. The third-order valence-corrected chi connectivity index (χ3v) is 4.41. The molecule has 0 unspecified atom stereocenters. The van der Waals surface area contributed by atoms with Crippen LogP contribution in [-0.4, -0.2) is 12.1 Å². The fourth-order valence-electron chi connectivity index (χ4n) is 2.98. The summed E-state index contributed by atoms with van der Waals surface area (Å²) in [4.78, 5) is 4.57. The van der Waals surface area contributed by atoms with Crippen LogP contribution in [0.1, 0.15) is 11.3 Å². The maximum absolute atomic E-state index is 6.14. The largest absolute Gasteiger partial charge is 0.497 e. The summed E-state index contributed by atoms with van der Waals surface area (Å²) in [6, 6.07) is 25.4. The molecule has 1 aromatic heterocycles. The molecule has 0 aliphatic heterocycles. The Morgan fingerprint density at radius 1 is 0.786 bits per heavy atom. The van der Waals surface area contributed by atoms with Crippen molar-refractivity contribution in [2.75, 3.05) is 7.11 Å². The fraction of sp³-hybridized carbons (Fsp3) is 0.125. The number of aryl methyl sites for hydroxylation is 1. The number of fused-ring (bicyclic) bond motifs is 1. The van der Waals surface area contributed by atoms with Crippen molar-refractivity contribution < 1.29 is 14.2 Å². The Bertz CT molecular complexity index is 1080. The highest BCUT2D eigenvalue weighted by molar-refractivity contribution is 5.87. The van der Waals surface area contributed by atoms with Crippen LogP contribution in [0.15, 0.2) is 78.9 Å². The zero-order valence-electron chi connectivity index (χ0n) is 15.9. The van der Waals surface area contributed by atoms with Gasteiger partial charge in [-0.3, -0.25) is 4.98 Å². The molecule has 0 saturated heterocycles. The molecule has 4 nitrogen and oxygen atoms in total. The number of ether oxygens (including phenoxy) is 3. The van der Waals surface area contributed by atoms with Crippen LogP contribution >= 0.6 is 0 Å². The quantitative estimate of drug-likeness (QED) is 0.422. The molecule has 3 aromatic carbocycles. The summed E-state index contributed by atoms with van der Waals surface area (Å²) in [6.07, 6.45) is 0. The molecular weight excluding hydrogens is 350 g/mol. The third-order valence-electron chi connectivity index (χ3n) is 4.41. The Hall–Kier alpha value is -3.53. The minimum Gasteiger partial charge on any atom is -0.497 e. The normalized spacial score (nSPS) is 10.6. The predicted octanol–water partition coefficient (Wildman–Crippen LogP) is 5.92. The molecule has 1 heterocycles. The molecule has 0 spiro atoms. The maximum atomic E-state index is 6.14. The molecule has 0 fully saturated rings. The second kappa shape index (κ2) is 8.01. The first-order chi connectivity index (χ1) is 13.7. The SMILES string of the molecule is COc1ccc2nc(C)cc(Oc3ccc(OCc4ccccc4)cc3)c2c1. The number of rotatable bonds is 6. The van der Waals surface area contributed by atoms with E-state index in [1.165, 1.54) is 0 Å². The van der Waals surface area contributed by atoms with E-state index in [1.54, 1.807) is 7.11 Å². The molecule has 0 saturated carbocycles. The molecule has 28 heavy (non-hydrogen) atoms. The summed E-state index contributed by atoms with van der Waals surface area (Å²) in [5.74, 6) is 3.06. The van der Waals surface area contributed by atoms with Crippen molar-refractivity contribution in [3.8, 4) is 23.0 Å². The maximum Gasteiger partial charge on any atom is 0.138 e. The van der Waals surface area contributed by atoms with Crippen LogP contribution < -0.4 is 14.2 Å². The Morgan fingerprint density at radius 2 is 1.50 bits per heavy atom. The Kier molecular flexibility index (Phi) is 5.11. The molecule has 4 aromatic rings. The average Bonchev–Trinajstić information content (AvgIpc) is 2.73. The molecule has 4 heteroatoms. The van der Waals surface area contributed by atoms with Crippen molar-refractivity contribution in [3.63, 3.8) is 0 Å². The van der Waals surface area contributed by atoms with E-state index in [1.807, 2.05) is 85.8 Å². The number of methoxy groups -OCH3 is 1. The van der Waals surface area contributed by atoms with Crippen LogP contribution in [0, 0.1) is 6.92 Å². The molecule has 0 amide bonds. The van der Waals surface area contributed by atoms with Crippen molar-refractivity contribution >= 4 is 10.9 Å². The van der Waals surface area contributed by atoms with Gasteiger partial charge in [0.05, 0.1) is 12.6 Å². The van der Waals surface area contributed by atoms with Gasteiger partial charge in [-0.15, -0.1) is 0 Å². The summed E-state index contributed by atoms with van der Waals surface area (Å²) in [6.45, 7) is 2.49. The standard InChI is InChI=1S/C24H21NO3/c1-17-14-24(22-15-21(26-2)12-13-23(22)25-17)28-20-10-8-19(9-11-20)27-16-18-6-4-3-5-7-18/h3-15H,16H2,1-2H3. The molecule has 0 aliphatic carbocycles. The van der Waals surface area contributed by atoms with Gasteiger partial charge in [0.25, 0.3) is 0 Å². The van der Waals surface area contributed by atoms with Crippen LogP contribution in [0.25, 0.3) is 10.9 Å². The van der Waals surface area contributed by atoms with Gasteiger partial charge >= 0.3 is 0 Å². The van der Waals surface area contributed by atoms with E-state index < -0.39 is 0 Å². The number of aromatic nitrogens is 1. The first-order valence-electron chi connectivity index (χ1n) is 9.11. The van der Waals surface area contributed by atoms with Gasteiger partial charge in [0.15, 0.2) is 0 Å². The van der Waals surface area contributed by atoms with E-state index in [4.69, 9.17) is 14.2 Å². The highest BCUT2D eigenvalue weighted by atomic mass is 16.5. The van der Waals surface area contributed by atoms with Crippen LogP contribution in [0.3, 0.4) is 0 Å². The molecule has 0 atom stereocenters. The van der Waals surface area contributed by atoms with Gasteiger partial charge in [0.2, 0.25) is 0 Å². The minimum absolute atomic E-state index is 0.537. The van der Waals surface area contributed by atoms with E-state index in [9.17, 15) is 0 Å². The van der Waals surface area contributed by atoms with E-state index in [0.29, 0.717) is 6.61 Å². The number of hydrogen-bond donors (Lipinski definition) is 0. The van der Waals surface area contributed by atoms with Gasteiger partial charge in [-0.05, 0) is 55.0 Å². The van der Waals surface area contributed by atoms with Crippen molar-refractivity contribution in [2.24, 2.45) is 0 Å². The van der Waals surface area contributed by atoms with Gasteiger partial charge in [-0.2, -0.15) is 0 Å². The zero-order chi connectivity index (χ0) is 19.3. The van der Waals surface area contributed by atoms with E-state index in [0.717, 1.165) is 45.2 Å². The van der Waals surface area contributed by atoms with Crippen molar-refractivity contribution in [1.82, 2.24) is 4.98 Å². The highest BCUT2D eigenvalue weighted by Crippen LogP contribution is 2.33. The minimum atomic E-state index is 0.537. The third kappa shape index (κ3) is 4.07. The number of hydrogen-bond acceptors (Lipinski definition) is 4. The summed E-state index contributed by atoms with van der Waals surface area (Å²) >= 11 is 0. The monoisotopic (exact) mass is 371 g/mol. The summed E-state index contributed by atoms with van der Waals surface area (Å²) in [5.41, 5.74) is 2.91. The molecule has 0 bridgehead atoms. The van der Waals surface area contributed by atoms with Crippen LogP contribution in [0.2, 0.25) is 0 Å². The number of pyridine rings is 1. The van der Waals surface area contributed by atoms with Crippen molar-refractivity contribution in [3.05, 3.63) is 90.1 Å². The topological polar surface area (TPSA) is 40.6 Å². The molecule has 0 N–H and O–H groups in total. The smallest absolute Gasteiger partial charge is 0.138 e. The lowest BCUT2D eigenvalue weighted by Gasteiger charge is -2.12. The van der Waals surface area contributed by atoms with Gasteiger partial charge in [-0.1, -0.05) is 30.3 Å². The first-order valence-corrected chi connectivity index (χ1v) is 9.11. The highest BCUT2D eigenvalue weighted by Gasteiger charge is 2.08. The molecule has 0 radical (unpaired) electrons. The molecular formula is C24H21NO3. The molecule has 140 valence electrons. The number of benzene rings is 3. The van der Waals surface area contributed by atoms with Crippen molar-refractivity contribution in [2.45, 2.75) is 13.5 Å². The van der Waals surface area contributed by atoms with E-state index in [2.05, 4.69) is 4.98 Å². The Labute approximate surface area is 164 Å². The summed E-state index contributed by atoms with van der Waals surface area (Å²) < 4.78 is 17.3. The van der Waals surface area contributed by atoms with Crippen LogP contribution in [0.4, 0.5) is 0 Å². The average molecular weight is 371 g/mol. The van der Waals surface area contributed by atoms with E-state index >= 15 is 0 Å². The summed E-state index contributed by atoms with van der Waals surface area (Å²) in [7, 11) is 1.65. The summed E-state index contributed by atoms with van der Waals surface area (Å²) in [5, 5.41) is 0.911. The first kappa shape index (κ1) is 17.9. The van der Waals surface area contributed by atoms with Crippen LogP contribution in [-0.2, 0) is 6.61 Å². The van der Waals surface area contributed by atoms with Gasteiger partial charge < -0.3 is 14.2 Å². The van der Waals surface area contributed by atoms with Gasteiger partial charge in [-0.25, -0.2) is 0 Å². The Balaban J connectivity index is 1.52. The van der Waals surface area contributed by atoms with Gasteiger partial charge in [0.1, 0.15) is 29.6 Å². The number of nitrogens with zero attached hydrogens (tertiary/aromatic N) is 1. The second-order valence-electron chi connectivity index (χ2n) is 6.49. The van der Waals surface area contributed by atoms with Gasteiger partial charge in [0, 0.05) is 17.1 Å². The predicted molar refractivity (Wildman–Crippen MR) is 110 cm³/mol. The van der Waals surface area contributed by atoms with E-state index in [-0.39, 0.29) is 0 Å². The Morgan fingerprint density at radius 3 is 2.25 bits per heavy atom. The lowest BCUT2D eigenvalue weighted by molar-refractivity contribution is 0.306.